The molecule has 6 heteroatoms. The number of benzene rings is 1. The molecule has 0 aromatic heterocycles. The monoisotopic (exact) mass is 687 g/mol. The number of carboxylic acids is 3. The van der Waals surface area contributed by atoms with Crippen LogP contribution < -0.4 is 0 Å². The van der Waals surface area contributed by atoms with Gasteiger partial charge in [-0.1, -0.05) is 182 Å². The van der Waals surface area contributed by atoms with Gasteiger partial charge < -0.3 is 15.3 Å². The molecular weight excluding hydrogens is 612 g/mol. The summed E-state index contributed by atoms with van der Waals surface area (Å²) in [4.78, 5) is 38.2. The van der Waals surface area contributed by atoms with Crippen molar-refractivity contribution >= 4 is 17.9 Å². The lowest BCUT2D eigenvalue weighted by molar-refractivity contribution is 0.0642. The molecule has 49 heavy (non-hydrogen) atoms. The van der Waals surface area contributed by atoms with Crippen LogP contribution in [0.15, 0.2) is 12.1 Å². The zero-order chi connectivity index (χ0) is 36.3. The Morgan fingerprint density at radius 1 is 0.490 bits per heavy atom. The van der Waals surface area contributed by atoms with Crippen molar-refractivity contribution < 1.29 is 29.7 Å². The first-order chi connectivity index (χ1) is 23.7. The van der Waals surface area contributed by atoms with E-state index in [4.69, 9.17) is 0 Å². The molecule has 0 saturated carbocycles. The molecule has 0 fully saturated rings. The van der Waals surface area contributed by atoms with E-state index in [0.717, 1.165) is 96.0 Å². The zero-order valence-electron chi connectivity index (χ0n) is 32.1. The van der Waals surface area contributed by atoms with Crippen molar-refractivity contribution in [1.82, 2.24) is 0 Å². The Kier molecular flexibility index (Phi) is 24.9. The van der Waals surface area contributed by atoms with Gasteiger partial charge in [0.15, 0.2) is 0 Å². The zero-order valence-corrected chi connectivity index (χ0v) is 32.1. The number of aromatic carboxylic acids is 3. The summed E-state index contributed by atoms with van der Waals surface area (Å²) in [6, 6.07) is 2.64. The van der Waals surface area contributed by atoms with Crippen molar-refractivity contribution in [3.05, 3.63) is 34.4 Å². The number of rotatable bonds is 33. The lowest BCUT2D eigenvalue weighted by atomic mass is 9.60. The Morgan fingerprint density at radius 3 is 1.20 bits per heavy atom. The SMILES string of the molecule is CCCCCCCCC(CCCCCCCC)C(CCCCCCCC)(CCCCCCCC)c1cc(C(=O)O)cc(C(=O)O)c1C(=O)O. The molecule has 0 aliphatic rings. The maximum absolute atomic E-state index is 13.1. The van der Waals surface area contributed by atoms with Crippen LogP contribution in [0.4, 0.5) is 0 Å². The first-order valence-corrected chi connectivity index (χ1v) is 20.6. The standard InChI is InChI=1S/C43H74O6/c1-5-9-13-17-21-25-29-36(30-26-22-18-14-10-6-2)43(31-27-23-19-15-11-7-3,32-28-24-20-16-12-8-4)38-34-35(40(44)45)33-37(41(46)47)39(38)42(48)49/h33-34,36H,5-32H2,1-4H3,(H,44,45)(H,46,47)(H,48,49). The second kappa shape index (κ2) is 27.4. The van der Waals surface area contributed by atoms with Crippen LogP contribution in [0.3, 0.4) is 0 Å². The first kappa shape index (κ1) is 44.7. The van der Waals surface area contributed by atoms with E-state index >= 15 is 0 Å². The number of carbonyl (C=O) groups is 3. The normalized spacial score (nSPS) is 11.8. The number of hydrogen-bond acceptors (Lipinski definition) is 3. The highest BCUT2D eigenvalue weighted by Gasteiger charge is 2.43. The minimum absolute atomic E-state index is 0.120. The Morgan fingerprint density at radius 2 is 0.857 bits per heavy atom. The van der Waals surface area contributed by atoms with Crippen LogP contribution in [-0.2, 0) is 5.41 Å². The fraction of sp³-hybridized carbons (Fsp3) is 0.791. The lowest BCUT2D eigenvalue weighted by Crippen LogP contribution is -2.38. The van der Waals surface area contributed by atoms with Gasteiger partial charge in [-0.05, 0) is 54.7 Å². The van der Waals surface area contributed by atoms with Crippen LogP contribution in [0.5, 0.6) is 0 Å². The third-order valence-electron chi connectivity index (χ3n) is 10.9. The molecule has 1 aromatic carbocycles. The van der Waals surface area contributed by atoms with E-state index in [0.29, 0.717) is 5.56 Å². The van der Waals surface area contributed by atoms with E-state index in [1.807, 2.05) is 0 Å². The van der Waals surface area contributed by atoms with Gasteiger partial charge in [0.1, 0.15) is 0 Å². The molecule has 0 unspecified atom stereocenters. The van der Waals surface area contributed by atoms with Gasteiger partial charge in [-0.25, -0.2) is 14.4 Å². The van der Waals surface area contributed by atoms with E-state index in [1.165, 1.54) is 89.9 Å². The van der Waals surface area contributed by atoms with Crippen molar-refractivity contribution in [3.63, 3.8) is 0 Å². The van der Waals surface area contributed by atoms with E-state index in [1.54, 1.807) is 6.07 Å². The third kappa shape index (κ3) is 16.9. The van der Waals surface area contributed by atoms with E-state index < -0.39 is 28.9 Å². The fourth-order valence-corrected chi connectivity index (χ4v) is 8.06. The van der Waals surface area contributed by atoms with Gasteiger partial charge >= 0.3 is 17.9 Å². The van der Waals surface area contributed by atoms with Crippen LogP contribution >= 0.6 is 0 Å². The predicted octanol–water partition coefficient (Wildman–Crippen LogP) is 13.6. The summed E-state index contributed by atoms with van der Waals surface area (Å²) < 4.78 is 0. The highest BCUT2D eigenvalue weighted by Crippen LogP contribution is 2.49. The Balaban J connectivity index is 3.84. The summed E-state index contributed by atoms with van der Waals surface area (Å²) in [5, 5.41) is 31.2. The van der Waals surface area contributed by atoms with Gasteiger partial charge in [0, 0.05) is 0 Å². The largest absolute Gasteiger partial charge is 0.478 e. The number of carboxylic acid groups (broad SMARTS) is 3. The molecule has 3 N–H and O–H groups in total. The molecule has 282 valence electrons. The summed E-state index contributed by atoms with van der Waals surface area (Å²) >= 11 is 0. The quantitative estimate of drug-likeness (QED) is 0.0634. The molecule has 0 amide bonds. The van der Waals surface area contributed by atoms with E-state index in [2.05, 4.69) is 27.7 Å². The van der Waals surface area contributed by atoms with Gasteiger partial charge in [-0.15, -0.1) is 0 Å². The summed E-state index contributed by atoms with van der Waals surface area (Å²) in [6.45, 7) is 8.88. The van der Waals surface area contributed by atoms with Crippen molar-refractivity contribution in [2.45, 2.75) is 213 Å². The molecule has 0 aliphatic heterocycles. The molecule has 6 nitrogen and oxygen atoms in total. The highest BCUT2D eigenvalue weighted by atomic mass is 16.4. The van der Waals surface area contributed by atoms with Crippen LogP contribution in [0.1, 0.15) is 244 Å². The maximum Gasteiger partial charge on any atom is 0.336 e. The Labute approximate surface area is 300 Å². The van der Waals surface area contributed by atoms with Crippen molar-refractivity contribution in [1.29, 1.82) is 0 Å². The van der Waals surface area contributed by atoms with Gasteiger partial charge in [0.2, 0.25) is 0 Å². The van der Waals surface area contributed by atoms with Gasteiger partial charge in [0.25, 0.3) is 0 Å². The molecule has 1 aromatic rings. The van der Waals surface area contributed by atoms with Crippen LogP contribution in [0, 0.1) is 5.92 Å². The van der Waals surface area contributed by atoms with Gasteiger partial charge in [-0.2, -0.15) is 0 Å². The average Bonchev–Trinajstić information content (AvgIpc) is 3.08. The minimum atomic E-state index is -1.38. The second-order valence-electron chi connectivity index (χ2n) is 14.9. The lowest BCUT2D eigenvalue weighted by Gasteiger charge is -2.44. The molecule has 0 radical (unpaired) electrons. The molecule has 0 saturated heterocycles. The van der Waals surface area contributed by atoms with Crippen molar-refractivity contribution in [2.24, 2.45) is 5.92 Å². The van der Waals surface area contributed by atoms with E-state index in [9.17, 15) is 29.7 Å². The summed E-state index contributed by atoms with van der Waals surface area (Å²) in [5.41, 5.74) is -0.820. The van der Waals surface area contributed by atoms with E-state index in [-0.39, 0.29) is 17.0 Å². The third-order valence-corrected chi connectivity index (χ3v) is 10.9. The highest BCUT2D eigenvalue weighted by molar-refractivity contribution is 6.05. The van der Waals surface area contributed by atoms with Crippen LogP contribution in [0.2, 0.25) is 0 Å². The molecule has 0 atom stereocenters. The predicted molar refractivity (Wildman–Crippen MR) is 204 cm³/mol. The number of hydrogen-bond donors (Lipinski definition) is 3. The Bertz CT molecular complexity index is 1020. The molecule has 0 bridgehead atoms. The Hall–Kier alpha value is -2.37. The number of unbranched alkanes of at least 4 members (excludes halogenated alkanes) is 20. The average molecular weight is 687 g/mol. The molecule has 1 rings (SSSR count). The van der Waals surface area contributed by atoms with Gasteiger partial charge in [-0.3, -0.25) is 0 Å². The first-order valence-electron chi connectivity index (χ1n) is 20.6. The van der Waals surface area contributed by atoms with Crippen LogP contribution in [-0.4, -0.2) is 33.2 Å². The second-order valence-corrected chi connectivity index (χ2v) is 14.9. The fourth-order valence-electron chi connectivity index (χ4n) is 8.06. The van der Waals surface area contributed by atoms with Crippen molar-refractivity contribution in [2.75, 3.05) is 0 Å². The minimum Gasteiger partial charge on any atom is -0.478 e. The molecule has 0 aliphatic carbocycles. The maximum atomic E-state index is 13.1. The van der Waals surface area contributed by atoms with Crippen LogP contribution in [0.25, 0.3) is 0 Å². The van der Waals surface area contributed by atoms with Crippen molar-refractivity contribution in [3.8, 4) is 0 Å². The summed E-state index contributed by atoms with van der Waals surface area (Å²) in [6.07, 6.45) is 30.9. The smallest absolute Gasteiger partial charge is 0.336 e. The van der Waals surface area contributed by atoms with Gasteiger partial charge in [0.05, 0.1) is 16.7 Å². The summed E-state index contributed by atoms with van der Waals surface area (Å²) in [5.74, 6) is -3.69. The summed E-state index contributed by atoms with van der Waals surface area (Å²) in [7, 11) is 0. The molecular formula is C43H74O6. The molecule has 0 heterocycles. The molecule has 0 spiro atoms. The topological polar surface area (TPSA) is 112 Å².